The second kappa shape index (κ2) is 7.40. The number of carbonyl (C=O) groups excluding carboxylic acids is 1. The largest absolute Gasteiger partial charge is 0.495 e. The molecule has 136 valence electrons. The van der Waals surface area contributed by atoms with Gasteiger partial charge in [0.05, 0.1) is 11.8 Å². The molecule has 0 saturated carbocycles. The summed E-state index contributed by atoms with van der Waals surface area (Å²) in [6, 6.07) is 9.75. The van der Waals surface area contributed by atoms with Crippen molar-refractivity contribution < 1.29 is 17.9 Å². The molecule has 1 aromatic heterocycles. The molecule has 0 unspecified atom stereocenters. The van der Waals surface area contributed by atoms with Crippen molar-refractivity contribution in [1.29, 1.82) is 0 Å². The highest BCUT2D eigenvalue weighted by molar-refractivity contribution is 7.89. The van der Waals surface area contributed by atoms with Gasteiger partial charge in [0.15, 0.2) is 0 Å². The molecule has 1 heterocycles. The van der Waals surface area contributed by atoms with Crippen molar-refractivity contribution in [3.05, 3.63) is 48.2 Å². The smallest absolute Gasteiger partial charge is 0.255 e. The minimum atomic E-state index is -3.77. The number of ether oxygens (including phenoxy) is 1. The number of sulfonamides is 1. The lowest BCUT2D eigenvalue weighted by Gasteiger charge is -2.12. The monoisotopic (exact) mass is 391 g/mol. The number of nitrogens with zero attached hydrogens (tertiary/aromatic N) is 1. The molecule has 3 aromatic rings. The Kier molecular flexibility index (Phi) is 5.21. The molecule has 0 radical (unpaired) electrons. The predicted molar refractivity (Wildman–Crippen MR) is 101 cm³/mol. The van der Waals surface area contributed by atoms with Crippen LogP contribution in [0.4, 0.5) is 5.69 Å². The lowest BCUT2D eigenvalue weighted by atomic mass is 10.2. The van der Waals surface area contributed by atoms with Crippen LogP contribution in [0.2, 0.25) is 0 Å². The number of hydrogen-bond acceptors (Lipinski definition) is 6. The summed E-state index contributed by atoms with van der Waals surface area (Å²) in [7, 11) is -2.39. The molecule has 7 nitrogen and oxygen atoms in total. The summed E-state index contributed by atoms with van der Waals surface area (Å²) >= 11 is 1.37. The van der Waals surface area contributed by atoms with E-state index in [-0.39, 0.29) is 22.8 Å². The van der Waals surface area contributed by atoms with Crippen molar-refractivity contribution in [2.24, 2.45) is 0 Å². The van der Waals surface area contributed by atoms with Gasteiger partial charge in [0.1, 0.15) is 10.6 Å². The Morgan fingerprint density at radius 1 is 1.23 bits per heavy atom. The third-order valence-corrected chi connectivity index (χ3v) is 6.01. The van der Waals surface area contributed by atoms with Crippen LogP contribution in [-0.4, -0.2) is 32.4 Å². The lowest BCUT2D eigenvalue weighted by molar-refractivity contribution is 0.102. The summed E-state index contributed by atoms with van der Waals surface area (Å²) in [5.74, 6) is -0.239. The molecular weight excluding hydrogens is 374 g/mol. The maximum absolute atomic E-state index is 12.5. The fourth-order valence-electron chi connectivity index (χ4n) is 2.45. The first-order valence-corrected chi connectivity index (χ1v) is 10.0. The minimum Gasteiger partial charge on any atom is -0.495 e. The molecular formula is C17H17N3O4S2. The Morgan fingerprint density at radius 2 is 2.04 bits per heavy atom. The molecule has 9 heteroatoms. The van der Waals surface area contributed by atoms with Crippen LogP contribution in [0.5, 0.6) is 5.75 Å². The van der Waals surface area contributed by atoms with E-state index in [1.165, 1.54) is 36.8 Å². The highest BCUT2D eigenvalue weighted by Gasteiger charge is 2.21. The zero-order chi connectivity index (χ0) is 18.7. The molecule has 0 fully saturated rings. The van der Waals surface area contributed by atoms with Crippen LogP contribution in [0.15, 0.2) is 47.5 Å². The van der Waals surface area contributed by atoms with E-state index in [0.717, 1.165) is 10.1 Å². The topological polar surface area (TPSA) is 97.4 Å². The second-order valence-electron chi connectivity index (χ2n) is 5.40. The maximum Gasteiger partial charge on any atom is 0.255 e. The quantitative estimate of drug-likeness (QED) is 0.673. The van der Waals surface area contributed by atoms with Crippen LogP contribution in [0, 0.1) is 0 Å². The average Bonchev–Trinajstić information content (AvgIpc) is 3.08. The molecule has 0 aliphatic carbocycles. The minimum absolute atomic E-state index is 0.0769. The third-order valence-electron chi connectivity index (χ3n) is 3.66. The van der Waals surface area contributed by atoms with E-state index in [9.17, 15) is 13.2 Å². The summed E-state index contributed by atoms with van der Waals surface area (Å²) in [4.78, 5) is 12.5. The number of benzene rings is 2. The van der Waals surface area contributed by atoms with Crippen LogP contribution < -0.4 is 14.8 Å². The zero-order valence-corrected chi connectivity index (χ0v) is 15.8. The SMILES string of the molecule is CCNS(=O)(=O)c1cc(C(=O)Nc2ccc3sncc3c2)ccc1OC. The summed E-state index contributed by atoms with van der Waals surface area (Å²) in [6.07, 6.45) is 1.73. The Morgan fingerprint density at radius 3 is 2.77 bits per heavy atom. The first-order chi connectivity index (χ1) is 12.4. The van der Waals surface area contributed by atoms with Gasteiger partial charge >= 0.3 is 0 Å². The van der Waals surface area contributed by atoms with Crippen molar-refractivity contribution in [1.82, 2.24) is 9.10 Å². The lowest BCUT2D eigenvalue weighted by Crippen LogP contribution is -2.24. The molecule has 26 heavy (non-hydrogen) atoms. The number of methoxy groups -OCH3 is 1. The number of rotatable bonds is 6. The van der Waals surface area contributed by atoms with Gasteiger partial charge in [-0.15, -0.1) is 0 Å². The number of amides is 1. The van der Waals surface area contributed by atoms with Gasteiger partial charge in [0.2, 0.25) is 10.0 Å². The number of fused-ring (bicyclic) bond motifs is 1. The van der Waals surface area contributed by atoms with Crippen LogP contribution in [0.1, 0.15) is 17.3 Å². The van der Waals surface area contributed by atoms with Gasteiger partial charge in [-0.2, -0.15) is 4.37 Å². The molecule has 0 atom stereocenters. The van der Waals surface area contributed by atoms with Crippen molar-refractivity contribution in [3.63, 3.8) is 0 Å². The summed E-state index contributed by atoms with van der Waals surface area (Å²) in [5.41, 5.74) is 0.820. The molecule has 0 spiro atoms. The molecule has 2 N–H and O–H groups in total. The van der Waals surface area contributed by atoms with Gasteiger partial charge in [-0.1, -0.05) is 6.92 Å². The van der Waals surface area contributed by atoms with Gasteiger partial charge < -0.3 is 10.1 Å². The fourth-order valence-corrected chi connectivity index (χ4v) is 4.31. The number of aromatic nitrogens is 1. The first kappa shape index (κ1) is 18.3. The third kappa shape index (κ3) is 3.69. The van der Waals surface area contributed by atoms with Crippen molar-refractivity contribution in [3.8, 4) is 5.75 Å². The van der Waals surface area contributed by atoms with E-state index >= 15 is 0 Å². The number of carbonyl (C=O) groups is 1. The van der Waals surface area contributed by atoms with Gasteiger partial charge in [-0.3, -0.25) is 4.79 Å². The van der Waals surface area contributed by atoms with E-state index in [1.54, 1.807) is 19.2 Å². The Bertz CT molecular complexity index is 1060. The molecule has 0 aliphatic heterocycles. The van der Waals surface area contributed by atoms with E-state index in [0.29, 0.717) is 5.69 Å². The maximum atomic E-state index is 12.5. The highest BCUT2D eigenvalue weighted by atomic mass is 32.2. The van der Waals surface area contributed by atoms with Crippen molar-refractivity contribution >= 4 is 43.2 Å². The Labute approximate surface area is 155 Å². The van der Waals surface area contributed by atoms with Crippen LogP contribution >= 0.6 is 11.5 Å². The fraction of sp³-hybridized carbons (Fsp3) is 0.176. The summed E-state index contributed by atoms with van der Waals surface area (Å²) in [6.45, 7) is 1.91. The van der Waals surface area contributed by atoms with Gasteiger partial charge in [-0.25, -0.2) is 13.1 Å². The molecule has 0 aliphatic rings. The molecule has 0 saturated heterocycles. The van der Waals surface area contributed by atoms with E-state index in [1.807, 2.05) is 12.1 Å². The molecule has 1 amide bonds. The molecule has 2 aromatic carbocycles. The number of nitrogens with one attached hydrogen (secondary N) is 2. The predicted octanol–water partition coefficient (Wildman–Crippen LogP) is 2.86. The normalized spacial score (nSPS) is 11.5. The van der Waals surface area contributed by atoms with Gasteiger partial charge in [0.25, 0.3) is 5.91 Å². The van der Waals surface area contributed by atoms with Crippen molar-refractivity contribution in [2.75, 3.05) is 19.0 Å². The van der Waals surface area contributed by atoms with Crippen LogP contribution in [0.25, 0.3) is 10.1 Å². The molecule has 0 bridgehead atoms. The van der Waals surface area contributed by atoms with Crippen LogP contribution in [0.3, 0.4) is 0 Å². The highest BCUT2D eigenvalue weighted by Crippen LogP contribution is 2.26. The van der Waals surface area contributed by atoms with E-state index < -0.39 is 15.9 Å². The van der Waals surface area contributed by atoms with Crippen LogP contribution in [-0.2, 0) is 10.0 Å². The van der Waals surface area contributed by atoms with E-state index in [2.05, 4.69) is 14.4 Å². The first-order valence-electron chi connectivity index (χ1n) is 7.78. The Hall–Kier alpha value is -2.49. The average molecular weight is 391 g/mol. The zero-order valence-electron chi connectivity index (χ0n) is 14.1. The number of anilines is 1. The van der Waals surface area contributed by atoms with Gasteiger partial charge in [-0.05, 0) is 47.9 Å². The molecule has 3 rings (SSSR count). The standard InChI is InChI=1S/C17H17N3O4S2/c1-3-19-26(22,23)16-9-11(4-6-14(16)24-2)17(21)20-13-5-7-15-12(8-13)10-18-25-15/h4-10,19H,3H2,1-2H3,(H,20,21). The number of hydrogen-bond donors (Lipinski definition) is 2. The second-order valence-corrected chi connectivity index (χ2v) is 7.97. The summed E-state index contributed by atoms with van der Waals surface area (Å²) in [5, 5.41) is 3.70. The van der Waals surface area contributed by atoms with Gasteiger partial charge in [0, 0.05) is 29.4 Å². The summed E-state index contributed by atoms with van der Waals surface area (Å²) < 4.78 is 37.3. The van der Waals surface area contributed by atoms with Crippen molar-refractivity contribution in [2.45, 2.75) is 11.8 Å². The van der Waals surface area contributed by atoms with E-state index in [4.69, 9.17) is 4.74 Å². The Balaban J connectivity index is 1.91.